The molecule has 0 fully saturated rings. The van der Waals surface area contributed by atoms with Crippen LogP contribution in [-0.2, 0) is 11.2 Å². The standard InChI is InChI=1S/C8H8Cl2.C8H18.C6H13NO/c1-2-6-3-4-7(9)8(10)5-6;1-4-6-8(3)7-5-2;1-3-5(2)6(8)4-7/h3-5H,2H2,1H3;8H,4-7H2,1-3H3;5H,3-4,7H2,1-2H3. The summed E-state index contributed by atoms with van der Waals surface area (Å²) in [6.07, 6.45) is 7.41. The zero-order valence-corrected chi connectivity index (χ0v) is 19.1. The van der Waals surface area contributed by atoms with E-state index in [4.69, 9.17) is 28.9 Å². The summed E-state index contributed by atoms with van der Waals surface area (Å²) < 4.78 is 0. The summed E-state index contributed by atoms with van der Waals surface area (Å²) >= 11 is 11.5. The SMILES string of the molecule is CCC(C)C(=O)CN.CCCC(C)CCC.CCc1ccc(Cl)c(Cl)c1. The maximum atomic E-state index is 10.6. The number of hydrogen-bond acceptors (Lipinski definition) is 2. The zero-order valence-electron chi connectivity index (χ0n) is 17.6. The van der Waals surface area contributed by atoms with E-state index in [-0.39, 0.29) is 18.2 Å². The van der Waals surface area contributed by atoms with Crippen molar-refractivity contribution in [2.24, 2.45) is 17.6 Å². The van der Waals surface area contributed by atoms with Gasteiger partial charge in [0.1, 0.15) is 5.78 Å². The molecule has 0 amide bonds. The van der Waals surface area contributed by atoms with Crippen LogP contribution in [0.25, 0.3) is 0 Å². The molecule has 4 heteroatoms. The van der Waals surface area contributed by atoms with Gasteiger partial charge in [-0.3, -0.25) is 4.79 Å². The highest BCUT2D eigenvalue weighted by atomic mass is 35.5. The summed E-state index contributed by atoms with van der Waals surface area (Å²) in [5.41, 5.74) is 6.32. The van der Waals surface area contributed by atoms with Crippen molar-refractivity contribution in [2.45, 2.75) is 80.1 Å². The van der Waals surface area contributed by atoms with Crippen LogP contribution in [0, 0.1) is 11.8 Å². The molecule has 0 radical (unpaired) electrons. The smallest absolute Gasteiger partial charge is 0.149 e. The molecule has 0 aliphatic heterocycles. The Balaban J connectivity index is 0. The maximum absolute atomic E-state index is 10.6. The Morgan fingerprint density at radius 3 is 1.85 bits per heavy atom. The average Bonchev–Trinajstić information content (AvgIpc) is 2.64. The molecule has 0 aliphatic rings. The number of carbonyl (C=O) groups is 1. The molecule has 0 aromatic heterocycles. The molecule has 1 unspecified atom stereocenters. The molecule has 1 atom stereocenters. The third kappa shape index (κ3) is 14.6. The lowest BCUT2D eigenvalue weighted by Gasteiger charge is -2.05. The average molecular weight is 404 g/mol. The van der Waals surface area contributed by atoms with Gasteiger partial charge in [0.25, 0.3) is 0 Å². The van der Waals surface area contributed by atoms with Gasteiger partial charge in [0.2, 0.25) is 0 Å². The minimum Gasteiger partial charge on any atom is -0.324 e. The van der Waals surface area contributed by atoms with E-state index < -0.39 is 0 Å². The molecular weight excluding hydrogens is 365 g/mol. The summed E-state index contributed by atoms with van der Waals surface area (Å²) in [4.78, 5) is 10.6. The second kappa shape index (κ2) is 17.8. The highest BCUT2D eigenvalue weighted by molar-refractivity contribution is 6.42. The lowest BCUT2D eigenvalue weighted by Crippen LogP contribution is -2.20. The van der Waals surface area contributed by atoms with Crippen molar-refractivity contribution in [1.29, 1.82) is 0 Å². The Morgan fingerprint density at radius 2 is 1.54 bits per heavy atom. The summed E-state index contributed by atoms with van der Waals surface area (Å²) in [5.74, 6) is 1.28. The van der Waals surface area contributed by atoms with Crippen LogP contribution in [0.15, 0.2) is 18.2 Å². The van der Waals surface area contributed by atoms with E-state index in [1.807, 2.05) is 32.0 Å². The fourth-order valence-corrected chi connectivity index (χ4v) is 2.64. The molecule has 26 heavy (non-hydrogen) atoms. The molecule has 0 bridgehead atoms. The topological polar surface area (TPSA) is 43.1 Å². The number of rotatable bonds is 8. The second-order valence-corrected chi connectivity index (χ2v) is 7.58. The van der Waals surface area contributed by atoms with Crippen molar-refractivity contribution in [2.75, 3.05) is 6.54 Å². The van der Waals surface area contributed by atoms with Crippen molar-refractivity contribution in [3.05, 3.63) is 33.8 Å². The van der Waals surface area contributed by atoms with Gasteiger partial charge < -0.3 is 5.73 Å². The monoisotopic (exact) mass is 403 g/mol. The molecule has 152 valence electrons. The Morgan fingerprint density at radius 1 is 1.00 bits per heavy atom. The molecule has 1 aromatic carbocycles. The zero-order chi connectivity index (χ0) is 20.5. The van der Waals surface area contributed by atoms with Crippen LogP contribution in [0.2, 0.25) is 10.0 Å². The minimum atomic E-state index is 0.153. The first-order valence-corrected chi connectivity index (χ1v) is 10.7. The van der Waals surface area contributed by atoms with Gasteiger partial charge in [0.05, 0.1) is 16.6 Å². The van der Waals surface area contributed by atoms with Crippen LogP contribution >= 0.6 is 23.2 Å². The molecule has 0 spiro atoms. The van der Waals surface area contributed by atoms with Crippen LogP contribution < -0.4 is 5.73 Å². The van der Waals surface area contributed by atoms with Gasteiger partial charge in [0, 0.05) is 5.92 Å². The fraction of sp³-hybridized carbons (Fsp3) is 0.682. The van der Waals surface area contributed by atoms with E-state index >= 15 is 0 Å². The lowest BCUT2D eigenvalue weighted by atomic mass is 10.0. The number of aryl methyl sites for hydroxylation is 1. The van der Waals surface area contributed by atoms with Gasteiger partial charge in [-0.25, -0.2) is 0 Å². The number of Topliss-reactive ketones (excluding diaryl/α,β-unsaturated/α-hetero) is 1. The first-order chi connectivity index (χ1) is 12.3. The first kappa shape index (κ1) is 27.6. The van der Waals surface area contributed by atoms with Crippen LogP contribution in [0.1, 0.15) is 79.2 Å². The number of nitrogens with two attached hydrogens (primary N) is 1. The number of ketones is 1. The highest BCUT2D eigenvalue weighted by Gasteiger charge is 2.06. The van der Waals surface area contributed by atoms with E-state index in [2.05, 4.69) is 27.7 Å². The summed E-state index contributed by atoms with van der Waals surface area (Å²) in [6.45, 7) is 13.0. The summed E-state index contributed by atoms with van der Waals surface area (Å²) in [6, 6.07) is 5.70. The van der Waals surface area contributed by atoms with Gasteiger partial charge in [-0.2, -0.15) is 0 Å². The van der Waals surface area contributed by atoms with Crippen molar-refractivity contribution >= 4 is 29.0 Å². The first-order valence-electron chi connectivity index (χ1n) is 9.93. The molecule has 2 nitrogen and oxygen atoms in total. The largest absolute Gasteiger partial charge is 0.324 e. The van der Waals surface area contributed by atoms with Crippen molar-refractivity contribution in [1.82, 2.24) is 0 Å². The van der Waals surface area contributed by atoms with E-state index in [9.17, 15) is 4.79 Å². The number of benzene rings is 1. The normalized spacial score (nSPS) is 11.2. The second-order valence-electron chi connectivity index (χ2n) is 6.76. The third-order valence-corrected chi connectivity index (χ3v) is 5.06. The predicted octanol–water partition coefficient (Wildman–Crippen LogP) is 7.34. The molecule has 0 heterocycles. The molecule has 1 aromatic rings. The van der Waals surface area contributed by atoms with E-state index in [1.165, 1.54) is 31.2 Å². The lowest BCUT2D eigenvalue weighted by molar-refractivity contribution is -0.121. The molecule has 0 saturated carbocycles. The van der Waals surface area contributed by atoms with Crippen LogP contribution in [0.3, 0.4) is 0 Å². The Kier molecular flexibility index (Phi) is 19.0. The predicted molar refractivity (Wildman–Crippen MR) is 118 cm³/mol. The van der Waals surface area contributed by atoms with Crippen LogP contribution in [0.5, 0.6) is 0 Å². The van der Waals surface area contributed by atoms with Crippen molar-refractivity contribution < 1.29 is 4.79 Å². The summed E-state index contributed by atoms with van der Waals surface area (Å²) in [5, 5.41) is 1.26. The third-order valence-electron chi connectivity index (χ3n) is 4.32. The van der Waals surface area contributed by atoms with Gasteiger partial charge in [0.15, 0.2) is 0 Å². The van der Waals surface area contributed by atoms with E-state index in [0.29, 0.717) is 10.0 Å². The molecule has 2 N–H and O–H groups in total. The van der Waals surface area contributed by atoms with Gasteiger partial charge in [-0.1, -0.05) is 96.5 Å². The van der Waals surface area contributed by atoms with Gasteiger partial charge in [-0.05, 0) is 36.5 Å². The molecule has 1 rings (SSSR count). The number of halogens is 2. The Hall–Kier alpha value is -0.570. The van der Waals surface area contributed by atoms with Gasteiger partial charge in [-0.15, -0.1) is 0 Å². The Bertz CT molecular complexity index is 471. The number of carbonyl (C=O) groups excluding carboxylic acids is 1. The van der Waals surface area contributed by atoms with Crippen molar-refractivity contribution in [3.8, 4) is 0 Å². The molecule has 0 aliphatic carbocycles. The minimum absolute atomic E-state index is 0.153. The Labute approximate surface area is 171 Å². The van der Waals surface area contributed by atoms with Crippen LogP contribution in [-0.4, -0.2) is 12.3 Å². The van der Waals surface area contributed by atoms with Crippen molar-refractivity contribution in [3.63, 3.8) is 0 Å². The fourth-order valence-electron chi connectivity index (χ4n) is 2.32. The summed E-state index contributed by atoms with van der Waals surface area (Å²) in [7, 11) is 0. The van der Waals surface area contributed by atoms with Crippen LogP contribution in [0.4, 0.5) is 0 Å². The molecular formula is C22H39Cl2NO. The number of hydrogen-bond donors (Lipinski definition) is 1. The highest BCUT2D eigenvalue weighted by Crippen LogP contribution is 2.22. The van der Waals surface area contributed by atoms with E-state index in [0.717, 1.165) is 18.8 Å². The molecule has 0 saturated heterocycles. The maximum Gasteiger partial charge on any atom is 0.149 e. The quantitative estimate of drug-likeness (QED) is 0.492. The van der Waals surface area contributed by atoms with Gasteiger partial charge >= 0.3 is 0 Å². The van der Waals surface area contributed by atoms with E-state index in [1.54, 1.807) is 0 Å².